The Morgan fingerprint density at radius 3 is 2.88 bits per heavy atom. The molecule has 2 heterocycles. The van der Waals surface area contributed by atoms with Gasteiger partial charge >= 0.3 is 0 Å². The first-order valence-corrected chi connectivity index (χ1v) is 5.47. The van der Waals surface area contributed by atoms with Gasteiger partial charge in [-0.2, -0.15) is 0 Å². The molecule has 0 amide bonds. The fourth-order valence-electron chi connectivity index (χ4n) is 1.56. The summed E-state index contributed by atoms with van der Waals surface area (Å²) in [5.41, 5.74) is 8.22. The largest absolute Gasteiger partial charge is 0.494 e. The lowest BCUT2D eigenvalue weighted by molar-refractivity contribution is 0.414. The van der Waals surface area contributed by atoms with E-state index >= 15 is 0 Å². The van der Waals surface area contributed by atoms with Crippen molar-refractivity contribution in [1.29, 1.82) is 0 Å². The van der Waals surface area contributed by atoms with E-state index in [0.717, 1.165) is 16.8 Å². The van der Waals surface area contributed by atoms with E-state index in [-0.39, 0.29) is 0 Å². The van der Waals surface area contributed by atoms with Crippen LogP contribution in [0.25, 0.3) is 11.1 Å². The van der Waals surface area contributed by atoms with Crippen LogP contribution in [-0.4, -0.2) is 17.1 Å². The zero-order chi connectivity index (χ0) is 12.3. The summed E-state index contributed by atoms with van der Waals surface area (Å²) < 4.78 is 5.26. The van der Waals surface area contributed by atoms with Crippen molar-refractivity contribution in [3.8, 4) is 16.9 Å². The smallest absolute Gasteiger partial charge is 0.145 e. The Bertz CT molecular complexity index is 531. The molecule has 0 aromatic carbocycles. The molecule has 17 heavy (non-hydrogen) atoms. The van der Waals surface area contributed by atoms with E-state index in [9.17, 15) is 0 Å². The zero-order valence-corrected chi connectivity index (χ0v) is 10.1. The van der Waals surface area contributed by atoms with E-state index in [0.29, 0.717) is 17.4 Å². The maximum atomic E-state index is 5.89. The van der Waals surface area contributed by atoms with Crippen LogP contribution in [0.3, 0.4) is 0 Å². The minimum atomic E-state index is 0.398. The molecule has 0 saturated carbocycles. The first kappa shape index (κ1) is 11.8. The molecule has 0 spiro atoms. The summed E-state index contributed by atoms with van der Waals surface area (Å²) in [6, 6.07) is 5.55. The number of halogens is 1. The van der Waals surface area contributed by atoms with Crippen LogP contribution in [0.4, 0.5) is 0 Å². The molecule has 0 bridgehead atoms. The number of nitrogens with zero attached hydrogens (tertiary/aromatic N) is 2. The number of hydrogen-bond acceptors (Lipinski definition) is 4. The van der Waals surface area contributed by atoms with Crippen LogP contribution >= 0.6 is 11.6 Å². The van der Waals surface area contributed by atoms with Crippen LogP contribution in [0, 0.1) is 0 Å². The summed E-state index contributed by atoms with van der Waals surface area (Å²) in [6.07, 6.45) is 3.31. The van der Waals surface area contributed by atoms with Crippen molar-refractivity contribution < 1.29 is 4.74 Å². The molecule has 5 heteroatoms. The number of methoxy groups -OCH3 is 1. The van der Waals surface area contributed by atoms with Gasteiger partial charge < -0.3 is 10.5 Å². The minimum Gasteiger partial charge on any atom is -0.494 e. The molecule has 0 radical (unpaired) electrons. The van der Waals surface area contributed by atoms with Crippen molar-refractivity contribution in [3.05, 3.63) is 41.4 Å². The predicted molar refractivity (Wildman–Crippen MR) is 66.9 cm³/mol. The molecule has 0 saturated heterocycles. The third-order valence-corrected chi connectivity index (χ3v) is 2.60. The molecule has 4 nitrogen and oxygen atoms in total. The predicted octanol–water partition coefficient (Wildman–Crippen LogP) is 2.26. The highest BCUT2D eigenvalue weighted by atomic mass is 35.5. The average molecular weight is 250 g/mol. The van der Waals surface area contributed by atoms with Crippen molar-refractivity contribution in [2.45, 2.75) is 6.54 Å². The maximum absolute atomic E-state index is 5.89. The Morgan fingerprint density at radius 2 is 2.18 bits per heavy atom. The van der Waals surface area contributed by atoms with Crippen LogP contribution < -0.4 is 10.5 Å². The van der Waals surface area contributed by atoms with Crippen LogP contribution in [0.1, 0.15) is 5.69 Å². The molecule has 2 rings (SSSR count). The molecule has 0 unspecified atom stereocenters. The Morgan fingerprint density at radius 1 is 1.35 bits per heavy atom. The summed E-state index contributed by atoms with van der Waals surface area (Å²) in [5, 5.41) is 0.423. The van der Waals surface area contributed by atoms with Crippen LogP contribution in [0.2, 0.25) is 5.15 Å². The highest BCUT2D eigenvalue weighted by Gasteiger charge is 2.08. The number of pyridine rings is 2. The van der Waals surface area contributed by atoms with E-state index in [1.54, 1.807) is 25.6 Å². The summed E-state index contributed by atoms with van der Waals surface area (Å²) >= 11 is 5.89. The number of rotatable bonds is 3. The molecule has 2 aromatic heterocycles. The minimum absolute atomic E-state index is 0.398. The van der Waals surface area contributed by atoms with Gasteiger partial charge in [0, 0.05) is 18.3 Å². The molecule has 0 aliphatic rings. The van der Waals surface area contributed by atoms with Crippen LogP contribution in [0.5, 0.6) is 5.75 Å². The van der Waals surface area contributed by atoms with E-state index < -0.39 is 0 Å². The van der Waals surface area contributed by atoms with Crippen LogP contribution in [0.15, 0.2) is 30.6 Å². The monoisotopic (exact) mass is 249 g/mol. The molecule has 0 aliphatic carbocycles. The van der Waals surface area contributed by atoms with Gasteiger partial charge in [0.1, 0.15) is 10.9 Å². The van der Waals surface area contributed by atoms with Gasteiger partial charge in [-0.15, -0.1) is 0 Å². The standard InChI is InChI=1S/C12H12ClN3O/c1-17-11-7-16-12(13)5-10(11)8-2-3-15-9(4-8)6-14/h2-5,7H,6,14H2,1H3. The third-order valence-electron chi connectivity index (χ3n) is 2.39. The van der Waals surface area contributed by atoms with Gasteiger partial charge in [0.25, 0.3) is 0 Å². The highest BCUT2D eigenvalue weighted by Crippen LogP contribution is 2.30. The third kappa shape index (κ3) is 2.54. The molecule has 2 N–H and O–H groups in total. The van der Waals surface area contributed by atoms with Crippen molar-refractivity contribution in [3.63, 3.8) is 0 Å². The van der Waals surface area contributed by atoms with E-state index in [1.807, 2.05) is 12.1 Å². The molecule has 0 aliphatic heterocycles. The van der Waals surface area contributed by atoms with Gasteiger partial charge in [0.15, 0.2) is 0 Å². The average Bonchev–Trinajstić information content (AvgIpc) is 2.39. The van der Waals surface area contributed by atoms with Gasteiger partial charge in [0.05, 0.1) is 19.0 Å². The van der Waals surface area contributed by atoms with Gasteiger partial charge in [-0.3, -0.25) is 4.98 Å². The molecule has 0 fully saturated rings. The number of nitrogens with two attached hydrogens (primary N) is 1. The lowest BCUT2D eigenvalue weighted by Gasteiger charge is -2.09. The molecule has 88 valence electrons. The highest BCUT2D eigenvalue weighted by molar-refractivity contribution is 6.29. The van der Waals surface area contributed by atoms with Gasteiger partial charge in [-0.1, -0.05) is 11.6 Å². The van der Waals surface area contributed by atoms with Gasteiger partial charge in [-0.05, 0) is 23.8 Å². The Labute approximate surface area is 104 Å². The summed E-state index contributed by atoms with van der Waals surface area (Å²) in [6.45, 7) is 0.398. The SMILES string of the molecule is COc1cnc(Cl)cc1-c1ccnc(CN)c1. The van der Waals surface area contributed by atoms with Gasteiger partial charge in [-0.25, -0.2) is 4.98 Å². The topological polar surface area (TPSA) is 61.0 Å². The second kappa shape index (κ2) is 5.12. The number of hydrogen-bond donors (Lipinski definition) is 1. The van der Waals surface area contributed by atoms with Crippen molar-refractivity contribution >= 4 is 11.6 Å². The zero-order valence-electron chi connectivity index (χ0n) is 9.35. The molecular formula is C12H12ClN3O. The summed E-state index contributed by atoms with van der Waals surface area (Å²) in [7, 11) is 1.60. The molecule has 0 atom stereocenters. The quantitative estimate of drug-likeness (QED) is 0.848. The Hall–Kier alpha value is -1.65. The van der Waals surface area contributed by atoms with Crippen molar-refractivity contribution in [1.82, 2.24) is 9.97 Å². The Balaban J connectivity index is 2.54. The second-order valence-corrected chi connectivity index (χ2v) is 3.83. The second-order valence-electron chi connectivity index (χ2n) is 3.45. The number of ether oxygens (including phenoxy) is 1. The lowest BCUT2D eigenvalue weighted by atomic mass is 10.1. The summed E-state index contributed by atoms with van der Waals surface area (Å²) in [4.78, 5) is 8.13. The maximum Gasteiger partial charge on any atom is 0.145 e. The number of aromatic nitrogens is 2. The van der Waals surface area contributed by atoms with Crippen LogP contribution in [-0.2, 0) is 6.54 Å². The van der Waals surface area contributed by atoms with E-state index in [4.69, 9.17) is 22.1 Å². The lowest BCUT2D eigenvalue weighted by Crippen LogP contribution is -1.99. The fraction of sp³-hybridized carbons (Fsp3) is 0.167. The van der Waals surface area contributed by atoms with Gasteiger partial charge in [0.2, 0.25) is 0 Å². The fourth-order valence-corrected chi connectivity index (χ4v) is 1.72. The summed E-state index contributed by atoms with van der Waals surface area (Å²) in [5.74, 6) is 0.670. The van der Waals surface area contributed by atoms with Crippen molar-refractivity contribution in [2.75, 3.05) is 7.11 Å². The molecular weight excluding hydrogens is 238 g/mol. The Kier molecular flexibility index (Phi) is 3.56. The first-order valence-electron chi connectivity index (χ1n) is 5.09. The van der Waals surface area contributed by atoms with E-state index in [1.165, 1.54) is 0 Å². The van der Waals surface area contributed by atoms with Crippen molar-refractivity contribution in [2.24, 2.45) is 5.73 Å². The first-order chi connectivity index (χ1) is 8.24. The molecule has 2 aromatic rings. The van der Waals surface area contributed by atoms with E-state index in [2.05, 4.69) is 9.97 Å². The normalized spacial score (nSPS) is 10.3.